The van der Waals surface area contributed by atoms with Crippen molar-refractivity contribution in [1.82, 2.24) is 14.8 Å². The molecule has 1 N–H and O–H groups in total. The van der Waals surface area contributed by atoms with Crippen molar-refractivity contribution in [1.29, 1.82) is 0 Å². The van der Waals surface area contributed by atoms with Crippen LogP contribution in [-0.4, -0.2) is 34.6 Å². The van der Waals surface area contributed by atoms with E-state index in [0.29, 0.717) is 12.0 Å². The van der Waals surface area contributed by atoms with E-state index in [0.717, 1.165) is 12.8 Å². The second-order valence-corrected chi connectivity index (χ2v) is 6.19. The summed E-state index contributed by atoms with van der Waals surface area (Å²) in [6.45, 7) is 4.22. The molecule has 0 unspecified atom stereocenters. The summed E-state index contributed by atoms with van der Waals surface area (Å²) in [5.41, 5.74) is 1.31. The van der Waals surface area contributed by atoms with Crippen LogP contribution in [0.15, 0.2) is 18.3 Å². The summed E-state index contributed by atoms with van der Waals surface area (Å²) in [6, 6.07) is 4.81. The molecule has 0 aromatic carbocycles. The number of aromatic nitrogens is 1. The molecule has 1 aromatic rings. The van der Waals surface area contributed by atoms with Crippen LogP contribution >= 0.6 is 0 Å². The molecule has 20 heavy (non-hydrogen) atoms. The molecule has 0 spiro atoms. The Bertz CT molecular complexity index is 450. The van der Waals surface area contributed by atoms with Gasteiger partial charge in [-0.05, 0) is 57.6 Å². The van der Waals surface area contributed by atoms with Gasteiger partial charge < -0.3 is 14.8 Å². The molecule has 2 atom stereocenters. The van der Waals surface area contributed by atoms with Gasteiger partial charge in [0.15, 0.2) is 0 Å². The fourth-order valence-electron chi connectivity index (χ4n) is 2.59. The first-order chi connectivity index (χ1) is 9.49. The van der Waals surface area contributed by atoms with Gasteiger partial charge in [0, 0.05) is 38.1 Å². The van der Waals surface area contributed by atoms with Crippen LogP contribution in [0, 0.1) is 5.92 Å². The van der Waals surface area contributed by atoms with Gasteiger partial charge in [0.1, 0.15) is 0 Å². The van der Waals surface area contributed by atoms with Gasteiger partial charge in [0.25, 0.3) is 0 Å². The maximum atomic E-state index is 12.2. The van der Waals surface area contributed by atoms with Gasteiger partial charge >= 0.3 is 6.03 Å². The van der Waals surface area contributed by atoms with E-state index in [1.165, 1.54) is 18.5 Å². The van der Waals surface area contributed by atoms with Crippen LogP contribution in [0.1, 0.15) is 38.8 Å². The molecule has 0 saturated heterocycles. The number of amides is 2. The Morgan fingerprint density at radius 1 is 1.50 bits per heavy atom. The van der Waals surface area contributed by atoms with Gasteiger partial charge in [0.05, 0.1) is 0 Å². The molecule has 0 bridgehead atoms. The molecule has 4 heteroatoms. The summed E-state index contributed by atoms with van der Waals surface area (Å²) in [5.74, 6) is 0.712. The predicted octanol–water partition coefficient (Wildman–Crippen LogP) is 2.79. The first-order valence-electron chi connectivity index (χ1n) is 7.62. The SMILES string of the molecule is C[C@H](C1CC1)N(C)C(=O)N[C@@H](C)CCc1cccn1C. The van der Waals surface area contributed by atoms with Gasteiger partial charge in [-0.2, -0.15) is 0 Å². The Hall–Kier alpha value is -1.45. The van der Waals surface area contributed by atoms with Gasteiger partial charge in [-0.25, -0.2) is 4.79 Å². The number of rotatable bonds is 6. The highest BCUT2D eigenvalue weighted by Crippen LogP contribution is 2.34. The normalized spacial score (nSPS) is 17.6. The Kier molecular flexibility index (Phi) is 4.73. The molecular formula is C16H27N3O. The van der Waals surface area contributed by atoms with Gasteiger partial charge in [0.2, 0.25) is 0 Å². The molecule has 112 valence electrons. The van der Waals surface area contributed by atoms with Crippen LogP contribution in [-0.2, 0) is 13.5 Å². The summed E-state index contributed by atoms with van der Waals surface area (Å²) >= 11 is 0. The van der Waals surface area contributed by atoms with E-state index in [9.17, 15) is 4.79 Å². The van der Waals surface area contributed by atoms with Crippen molar-refractivity contribution >= 4 is 6.03 Å². The number of aryl methyl sites for hydroxylation is 2. The lowest BCUT2D eigenvalue weighted by molar-refractivity contribution is 0.184. The van der Waals surface area contributed by atoms with E-state index in [1.807, 2.05) is 11.9 Å². The third kappa shape index (κ3) is 3.78. The molecule has 1 aliphatic rings. The van der Waals surface area contributed by atoms with Crippen LogP contribution in [0.2, 0.25) is 0 Å². The van der Waals surface area contributed by atoms with Crippen LogP contribution < -0.4 is 5.32 Å². The number of carbonyl (C=O) groups is 1. The fourth-order valence-corrected chi connectivity index (χ4v) is 2.59. The number of urea groups is 1. The van der Waals surface area contributed by atoms with E-state index in [4.69, 9.17) is 0 Å². The average molecular weight is 277 g/mol. The number of hydrogen-bond acceptors (Lipinski definition) is 1. The van der Waals surface area contributed by atoms with Crippen LogP contribution in [0.3, 0.4) is 0 Å². The van der Waals surface area contributed by atoms with Crippen LogP contribution in [0.4, 0.5) is 4.79 Å². The van der Waals surface area contributed by atoms with Crippen molar-refractivity contribution in [3.63, 3.8) is 0 Å². The lowest BCUT2D eigenvalue weighted by atomic mass is 10.1. The van der Waals surface area contributed by atoms with Crippen molar-refractivity contribution in [3.05, 3.63) is 24.0 Å². The van der Waals surface area contributed by atoms with E-state index >= 15 is 0 Å². The van der Waals surface area contributed by atoms with Crippen molar-refractivity contribution in [2.24, 2.45) is 13.0 Å². The van der Waals surface area contributed by atoms with E-state index < -0.39 is 0 Å². The number of carbonyl (C=O) groups excluding carboxylic acids is 1. The third-order valence-corrected chi connectivity index (χ3v) is 4.49. The summed E-state index contributed by atoms with van der Waals surface area (Å²) in [6.07, 6.45) is 6.55. The van der Waals surface area contributed by atoms with Crippen molar-refractivity contribution in [3.8, 4) is 0 Å². The first-order valence-corrected chi connectivity index (χ1v) is 7.62. The largest absolute Gasteiger partial charge is 0.354 e. The maximum Gasteiger partial charge on any atom is 0.317 e. The molecular weight excluding hydrogens is 250 g/mol. The highest BCUT2D eigenvalue weighted by atomic mass is 16.2. The van der Waals surface area contributed by atoms with Crippen molar-refractivity contribution in [2.75, 3.05) is 7.05 Å². The van der Waals surface area contributed by atoms with Crippen molar-refractivity contribution in [2.45, 2.75) is 51.6 Å². The molecule has 0 aliphatic heterocycles. The van der Waals surface area contributed by atoms with Crippen LogP contribution in [0.5, 0.6) is 0 Å². The average Bonchev–Trinajstić information content (AvgIpc) is 3.18. The van der Waals surface area contributed by atoms with Crippen molar-refractivity contribution < 1.29 is 4.79 Å². The minimum Gasteiger partial charge on any atom is -0.354 e. The van der Waals surface area contributed by atoms with Gasteiger partial charge in [-0.15, -0.1) is 0 Å². The lowest BCUT2D eigenvalue weighted by Crippen LogP contribution is -2.46. The zero-order chi connectivity index (χ0) is 14.7. The lowest BCUT2D eigenvalue weighted by Gasteiger charge is -2.27. The highest BCUT2D eigenvalue weighted by Gasteiger charge is 2.32. The van der Waals surface area contributed by atoms with E-state index in [2.05, 4.69) is 49.1 Å². The molecule has 1 saturated carbocycles. The Labute approximate surface area is 122 Å². The Morgan fingerprint density at radius 3 is 2.75 bits per heavy atom. The molecule has 1 fully saturated rings. The van der Waals surface area contributed by atoms with E-state index in [1.54, 1.807) is 0 Å². The topological polar surface area (TPSA) is 37.3 Å². The monoisotopic (exact) mass is 277 g/mol. The minimum absolute atomic E-state index is 0.0591. The standard InChI is InChI=1S/C16H27N3O/c1-12(7-10-15-6-5-11-18(15)3)17-16(20)19(4)13(2)14-8-9-14/h5-6,11-14H,7-10H2,1-4H3,(H,17,20)/t12-,13+/m0/s1. The minimum atomic E-state index is 0.0591. The second kappa shape index (κ2) is 6.33. The molecule has 0 radical (unpaired) electrons. The molecule has 2 rings (SSSR count). The van der Waals surface area contributed by atoms with Gasteiger partial charge in [-0.1, -0.05) is 0 Å². The molecule has 4 nitrogen and oxygen atoms in total. The van der Waals surface area contributed by atoms with E-state index in [-0.39, 0.29) is 12.1 Å². The summed E-state index contributed by atoms with van der Waals surface area (Å²) in [7, 11) is 3.96. The Morgan fingerprint density at radius 2 is 2.20 bits per heavy atom. The molecule has 1 heterocycles. The summed E-state index contributed by atoms with van der Waals surface area (Å²) in [4.78, 5) is 14.0. The molecule has 2 amide bonds. The zero-order valence-corrected chi connectivity index (χ0v) is 13.1. The predicted molar refractivity (Wildman–Crippen MR) is 81.7 cm³/mol. The smallest absolute Gasteiger partial charge is 0.317 e. The fraction of sp³-hybridized carbons (Fsp3) is 0.688. The number of nitrogens with one attached hydrogen (secondary N) is 1. The van der Waals surface area contributed by atoms with Gasteiger partial charge in [-0.3, -0.25) is 0 Å². The molecule has 1 aliphatic carbocycles. The number of hydrogen-bond donors (Lipinski definition) is 1. The third-order valence-electron chi connectivity index (χ3n) is 4.49. The first kappa shape index (κ1) is 14.9. The van der Waals surface area contributed by atoms with Crippen LogP contribution in [0.25, 0.3) is 0 Å². The second-order valence-electron chi connectivity index (χ2n) is 6.19. The zero-order valence-electron chi connectivity index (χ0n) is 13.1. The highest BCUT2D eigenvalue weighted by molar-refractivity contribution is 5.74. The Balaban J connectivity index is 1.74. The quantitative estimate of drug-likeness (QED) is 0.853. The maximum absolute atomic E-state index is 12.2. The molecule has 1 aromatic heterocycles. The number of nitrogens with zero attached hydrogens (tertiary/aromatic N) is 2. The summed E-state index contributed by atoms with van der Waals surface area (Å²) in [5, 5.41) is 3.10. The summed E-state index contributed by atoms with van der Waals surface area (Å²) < 4.78 is 2.13.